The molecule has 1 aliphatic rings. The van der Waals surface area contributed by atoms with Crippen LogP contribution in [-0.2, 0) is 12.8 Å². The monoisotopic (exact) mass is 310 g/mol. The van der Waals surface area contributed by atoms with Gasteiger partial charge in [-0.05, 0) is 13.0 Å². The summed E-state index contributed by atoms with van der Waals surface area (Å²) in [5, 5.41) is 10.6. The molecule has 0 saturated heterocycles. The number of aryl methyl sites for hydroxylation is 2. The Labute approximate surface area is 125 Å². The van der Waals surface area contributed by atoms with E-state index in [4.69, 9.17) is 0 Å². The largest absolute Gasteiger partial charge is 0.340 e. The van der Waals surface area contributed by atoms with E-state index in [2.05, 4.69) is 38.3 Å². The van der Waals surface area contributed by atoms with Crippen molar-refractivity contribution in [2.75, 3.05) is 5.32 Å². The first kappa shape index (κ1) is 13.4. The molecule has 2 aromatic rings. The zero-order valence-electron chi connectivity index (χ0n) is 11.0. The van der Waals surface area contributed by atoms with Crippen molar-refractivity contribution in [3.63, 3.8) is 0 Å². The third-order valence-electron chi connectivity index (χ3n) is 2.91. The van der Waals surface area contributed by atoms with Crippen LogP contribution in [0.15, 0.2) is 11.2 Å². The number of anilines is 1. The third-order valence-corrected chi connectivity index (χ3v) is 4.07. The minimum absolute atomic E-state index is 0.200. The highest BCUT2D eigenvalue weighted by Gasteiger charge is 2.25. The Bertz CT molecular complexity index is 664. The summed E-state index contributed by atoms with van der Waals surface area (Å²) in [5.41, 5.74) is 2.13. The molecule has 0 fully saturated rings. The fraction of sp³-hybridized carbons (Fsp3) is 0.364. The second kappa shape index (κ2) is 5.06. The normalized spacial score (nSPS) is 17.6. The maximum Gasteiger partial charge on any atom is 0.273 e. The number of aromatic amines is 1. The number of thioether (sulfide) groups is 1. The number of carbonyl (C=O) groups is 1. The van der Waals surface area contributed by atoms with E-state index < -0.39 is 5.50 Å². The summed E-state index contributed by atoms with van der Waals surface area (Å²) in [6, 6.07) is 2.03. The smallest absolute Gasteiger partial charge is 0.273 e. The van der Waals surface area contributed by atoms with Gasteiger partial charge in [0.15, 0.2) is 11.0 Å². The summed E-state index contributed by atoms with van der Waals surface area (Å²) in [6.45, 7) is 1.96. The number of nitrogens with one attached hydrogen (secondary N) is 3. The van der Waals surface area contributed by atoms with Gasteiger partial charge in [0, 0.05) is 18.5 Å². The number of hydrogen-bond acceptors (Lipinski definition) is 6. The zero-order chi connectivity index (χ0) is 14.3. The molecule has 1 atom stereocenters. The van der Waals surface area contributed by atoms with Crippen molar-refractivity contribution in [1.29, 1.82) is 0 Å². The average molecular weight is 310 g/mol. The lowest BCUT2D eigenvalue weighted by Crippen LogP contribution is -2.41. The summed E-state index contributed by atoms with van der Waals surface area (Å²) in [4.78, 5) is 19.1. The first-order chi connectivity index (χ1) is 9.52. The highest BCUT2D eigenvalue weighted by Crippen LogP contribution is 2.26. The molecule has 0 bridgehead atoms. The molecule has 20 heavy (non-hydrogen) atoms. The molecule has 1 unspecified atom stereocenters. The number of H-pyrrole nitrogens is 1. The van der Waals surface area contributed by atoms with Crippen LogP contribution in [0, 0.1) is 6.92 Å². The van der Waals surface area contributed by atoms with Gasteiger partial charge in [0.2, 0.25) is 0 Å². The van der Waals surface area contributed by atoms with Crippen molar-refractivity contribution in [3.05, 3.63) is 23.1 Å². The maximum atomic E-state index is 11.7. The quantitative estimate of drug-likeness (QED) is 0.504. The van der Waals surface area contributed by atoms with Crippen molar-refractivity contribution in [3.8, 4) is 0 Å². The van der Waals surface area contributed by atoms with Crippen LogP contribution in [0.1, 0.15) is 21.9 Å². The van der Waals surface area contributed by atoms with Crippen LogP contribution in [0.3, 0.4) is 0 Å². The topological polar surface area (TPSA) is 87.6 Å². The summed E-state index contributed by atoms with van der Waals surface area (Å²) in [5.74, 6) is 1.07. The van der Waals surface area contributed by atoms with Crippen LogP contribution in [-0.4, -0.2) is 31.2 Å². The average Bonchev–Trinajstić information content (AvgIpc) is 2.90. The van der Waals surface area contributed by atoms with Gasteiger partial charge in [0.25, 0.3) is 5.91 Å². The molecule has 3 rings (SSSR count). The lowest BCUT2D eigenvalue weighted by molar-refractivity contribution is 0.0944. The molecule has 0 aromatic carbocycles. The molecule has 0 aliphatic carbocycles. The Hall–Kier alpha value is -1.61. The Kier molecular flexibility index (Phi) is 3.38. The number of carbonyl (C=O) groups excluding carboxylic acids is 1. The van der Waals surface area contributed by atoms with E-state index in [0.717, 1.165) is 17.1 Å². The van der Waals surface area contributed by atoms with Gasteiger partial charge >= 0.3 is 0 Å². The Morgan fingerprint density at radius 1 is 1.50 bits per heavy atom. The molecule has 1 amide bonds. The van der Waals surface area contributed by atoms with Crippen LogP contribution >= 0.6 is 24.4 Å². The van der Waals surface area contributed by atoms with Crippen molar-refractivity contribution < 1.29 is 4.79 Å². The number of hydrogen-bond donors (Lipinski definition) is 4. The van der Waals surface area contributed by atoms with E-state index in [9.17, 15) is 4.79 Å². The number of rotatable bonds is 3. The number of imidazole rings is 1. The minimum Gasteiger partial charge on any atom is -0.340 e. The van der Waals surface area contributed by atoms with Crippen LogP contribution in [0.5, 0.6) is 0 Å². The van der Waals surface area contributed by atoms with Crippen molar-refractivity contribution in [1.82, 2.24) is 25.1 Å². The predicted molar refractivity (Wildman–Crippen MR) is 80.0 cm³/mol. The van der Waals surface area contributed by atoms with E-state index >= 15 is 0 Å². The van der Waals surface area contributed by atoms with E-state index in [1.807, 2.05) is 24.7 Å². The van der Waals surface area contributed by atoms with Gasteiger partial charge in [0.1, 0.15) is 11.2 Å². The molecule has 9 heteroatoms. The van der Waals surface area contributed by atoms with Gasteiger partial charge in [-0.2, -0.15) is 5.10 Å². The second-order valence-corrected chi connectivity index (χ2v) is 5.96. The number of amides is 1. The van der Waals surface area contributed by atoms with Crippen LogP contribution in [0.4, 0.5) is 5.82 Å². The summed E-state index contributed by atoms with van der Waals surface area (Å²) in [7, 11) is 1.91. The van der Waals surface area contributed by atoms with Gasteiger partial charge in [-0.1, -0.05) is 11.8 Å². The van der Waals surface area contributed by atoms with Gasteiger partial charge in [-0.25, -0.2) is 4.98 Å². The molecule has 0 saturated carbocycles. The molecule has 0 spiro atoms. The third kappa shape index (κ3) is 2.50. The van der Waals surface area contributed by atoms with Crippen molar-refractivity contribution in [2.45, 2.75) is 23.3 Å². The van der Waals surface area contributed by atoms with Gasteiger partial charge in [-0.15, -0.1) is 12.6 Å². The molecule has 106 valence electrons. The Balaban J connectivity index is 1.75. The fourth-order valence-corrected chi connectivity index (χ4v) is 3.12. The van der Waals surface area contributed by atoms with Crippen molar-refractivity contribution >= 4 is 36.1 Å². The van der Waals surface area contributed by atoms with Gasteiger partial charge in [0.05, 0.1) is 5.69 Å². The van der Waals surface area contributed by atoms with Crippen LogP contribution in [0.25, 0.3) is 0 Å². The fourth-order valence-electron chi connectivity index (χ4n) is 1.99. The Morgan fingerprint density at radius 3 is 3.00 bits per heavy atom. The first-order valence-corrected chi connectivity index (χ1v) is 7.51. The van der Waals surface area contributed by atoms with E-state index in [0.29, 0.717) is 16.7 Å². The summed E-state index contributed by atoms with van der Waals surface area (Å²) < 4.78 is 1.85. The number of fused-ring (bicyclic) bond motifs is 1. The molecule has 3 heterocycles. The second-order valence-electron chi connectivity index (χ2n) is 4.48. The van der Waals surface area contributed by atoms with Gasteiger partial charge in [-0.3, -0.25) is 9.48 Å². The van der Waals surface area contributed by atoms with E-state index in [1.165, 1.54) is 11.8 Å². The number of aromatic nitrogens is 4. The van der Waals surface area contributed by atoms with Crippen LogP contribution < -0.4 is 10.6 Å². The molecule has 2 aromatic heterocycles. The highest BCUT2D eigenvalue weighted by atomic mass is 32.2. The van der Waals surface area contributed by atoms with Gasteiger partial charge < -0.3 is 15.6 Å². The zero-order valence-corrected chi connectivity index (χ0v) is 12.7. The number of nitrogens with zero attached hydrogens (tertiary/aromatic N) is 3. The van der Waals surface area contributed by atoms with Crippen LogP contribution in [0.2, 0.25) is 0 Å². The summed E-state index contributed by atoms with van der Waals surface area (Å²) in [6.07, 6.45) is 0. The first-order valence-electron chi connectivity index (χ1n) is 6.01. The summed E-state index contributed by atoms with van der Waals surface area (Å²) >= 11 is 5.69. The van der Waals surface area contributed by atoms with Crippen molar-refractivity contribution in [2.24, 2.45) is 7.05 Å². The van der Waals surface area contributed by atoms with E-state index in [1.54, 1.807) is 0 Å². The SMILES string of the molecule is Cc1cc(CSc2nc3c([nH]2)C(=O)NC(S)N3)n(C)n1. The lowest BCUT2D eigenvalue weighted by Gasteiger charge is -2.19. The molecular weight excluding hydrogens is 296 g/mol. The lowest BCUT2D eigenvalue weighted by atomic mass is 10.3. The molecular formula is C11H14N6OS2. The Morgan fingerprint density at radius 2 is 2.30 bits per heavy atom. The standard InChI is InChI=1S/C11H14N6OS2/c1-5-3-6(17(2)16-5)4-20-11-12-7-8(14-11)13-10(19)15-9(7)18/h3,10,13,19H,4H2,1-2H3,(H,12,14)(H,15,18). The highest BCUT2D eigenvalue weighted by molar-refractivity contribution is 7.98. The molecule has 0 radical (unpaired) electrons. The maximum absolute atomic E-state index is 11.7. The minimum atomic E-state index is -0.407. The molecule has 1 aliphatic heterocycles. The number of thiol groups is 1. The molecule has 7 nitrogen and oxygen atoms in total. The van der Waals surface area contributed by atoms with E-state index in [-0.39, 0.29) is 5.91 Å². The predicted octanol–water partition coefficient (Wildman–Crippen LogP) is 1.11. The molecule has 3 N–H and O–H groups in total.